The lowest BCUT2D eigenvalue weighted by molar-refractivity contribution is -0.122. The van der Waals surface area contributed by atoms with Crippen molar-refractivity contribution in [2.24, 2.45) is 0 Å². The van der Waals surface area contributed by atoms with E-state index >= 15 is 0 Å². The molecule has 2 heterocycles. The Morgan fingerprint density at radius 3 is 2.81 bits per heavy atom. The number of nitrogens with one attached hydrogen (secondary N) is 2. The topological polar surface area (TPSA) is 74.3 Å². The van der Waals surface area contributed by atoms with Gasteiger partial charge >= 0.3 is 0 Å². The molecule has 0 bridgehead atoms. The van der Waals surface area contributed by atoms with Gasteiger partial charge in [-0.05, 0) is 24.6 Å². The van der Waals surface area contributed by atoms with E-state index in [0.29, 0.717) is 38.2 Å². The summed E-state index contributed by atoms with van der Waals surface area (Å²) >= 11 is 0. The molecule has 136 valence electrons. The van der Waals surface area contributed by atoms with Crippen molar-refractivity contribution >= 4 is 11.8 Å². The van der Waals surface area contributed by atoms with E-state index in [-0.39, 0.29) is 17.9 Å². The molecule has 1 aliphatic heterocycles. The molecule has 1 atom stereocenters. The monoisotopic (exact) mass is 352 g/mol. The lowest BCUT2D eigenvalue weighted by Crippen LogP contribution is -2.53. The van der Waals surface area contributed by atoms with Gasteiger partial charge in [0, 0.05) is 51.0 Å². The van der Waals surface area contributed by atoms with E-state index in [2.05, 4.69) is 15.6 Å². The van der Waals surface area contributed by atoms with Crippen LogP contribution < -0.4 is 10.6 Å². The number of nitrogens with zero attached hydrogens (tertiary/aromatic N) is 2. The fourth-order valence-corrected chi connectivity index (χ4v) is 3.02. The van der Waals surface area contributed by atoms with E-state index in [4.69, 9.17) is 0 Å². The molecule has 0 spiro atoms. The zero-order valence-corrected chi connectivity index (χ0v) is 14.9. The highest BCUT2D eigenvalue weighted by atomic mass is 16.2. The van der Waals surface area contributed by atoms with E-state index in [9.17, 15) is 9.59 Å². The molecule has 1 aliphatic rings. The molecule has 2 N–H and O–H groups in total. The van der Waals surface area contributed by atoms with Gasteiger partial charge in [-0.25, -0.2) is 0 Å². The number of carbonyl (C=O) groups excluding carboxylic acids is 2. The highest BCUT2D eigenvalue weighted by Gasteiger charge is 2.25. The predicted octanol–water partition coefficient (Wildman–Crippen LogP) is 1.51. The molecular formula is C20H24N4O2. The summed E-state index contributed by atoms with van der Waals surface area (Å²) < 4.78 is 0. The summed E-state index contributed by atoms with van der Waals surface area (Å²) in [6.07, 6.45) is 3.58. The van der Waals surface area contributed by atoms with Gasteiger partial charge in [-0.15, -0.1) is 0 Å². The van der Waals surface area contributed by atoms with Crippen molar-refractivity contribution < 1.29 is 9.59 Å². The third kappa shape index (κ3) is 4.89. The lowest BCUT2D eigenvalue weighted by Gasteiger charge is -2.33. The maximum absolute atomic E-state index is 12.5. The van der Waals surface area contributed by atoms with Crippen LogP contribution in [-0.4, -0.2) is 47.4 Å². The Kier molecular flexibility index (Phi) is 5.96. The Balaban J connectivity index is 1.49. The number of rotatable bonds is 5. The Bertz CT molecular complexity index is 746. The van der Waals surface area contributed by atoms with Gasteiger partial charge in [-0.1, -0.05) is 29.8 Å². The first-order valence-corrected chi connectivity index (χ1v) is 8.87. The smallest absolute Gasteiger partial charge is 0.255 e. The van der Waals surface area contributed by atoms with Crippen molar-refractivity contribution in [2.75, 3.05) is 19.6 Å². The van der Waals surface area contributed by atoms with Gasteiger partial charge in [0.15, 0.2) is 0 Å². The Morgan fingerprint density at radius 2 is 2.08 bits per heavy atom. The molecular weight excluding hydrogens is 328 g/mol. The van der Waals surface area contributed by atoms with Gasteiger partial charge in [0.25, 0.3) is 5.91 Å². The van der Waals surface area contributed by atoms with Gasteiger partial charge in [0.05, 0.1) is 5.56 Å². The molecule has 0 saturated carbocycles. The SMILES string of the molecule is Cc1ccc(CNC(=O)CC2CN(C(=O)c3cccnc3)CCN2)cc1. The van der Waals surface area contributed by atoms with Crippen LogP contribution in [0.2, 0.25) is 0 Å². The number of amides is 2. The summed E-state index contributed by atoms with van der Waals surface area (Å²) in [6.45, 7) is 4.39. The van der Waals surface area contributed by atoms with Gasteiger partial charge in [0.1, 0.15) is 0 Å². The summed E-state index contributed by atoms with van der Waals surface area (Å²) in [7, 11) is 0. The van der Waals surface area contributed by atoms with Crippen molar-refractivity contribution in [1.82, 2.24) is 20.5 Å². The third-order valence-corrected chi connectivity index (χ3v) is 4.49. The summed E-state index contributed by atoms with van der Waals surface area (Å²) in [6, 6.07) is 11.6. The number of aromatic nitrogens is 1. The van der Waals surface area contributed by atoms with Gasteiger partial charge in [-0.2, -0.15) is 0 Å². The number of carbonyl (C=O) groups is 2. The molecule has 2 aromatic rings. The average molecular weight is 352 g/mol. The highest BCUT2D eigenvalue weighted by Crippen LogP contribution is 2.09. The van der Waals surface area contributed by atoms with E-state index < -0.39 is 0 Å². The molecule has 2 amide bonds. The molecule has 3 rings (SSSR count). The molecule has 1 aromatic heterocycles. The van der Waals surface area contributed by atoms with Crippen LogP contribution in [0.1, 0.15) is 27.9 Å². The minimum absolute atomic E-state index is 0.0150. The molecule has 1 fully saturated rings. The first kappa shape index (κ1) is 18.1. The Morgan fingerprint density at radius 1 is 1.27 bits per heavy atom. The first-order chi connectivity index (χ1) is 12.6. The van der Waals surface area contributed by atoms with Crippen LogP contribution >= 0.6 is 0 Å². The van der Waals surface area contributed by atoms with Crippen LogP contribution in [0.25, 0.3) is 0 Å². The number of hydrogen-bond acceptors (Lipinski definition) is 4. The van der Waals surface area contributed by atoms with E-state index in [1.165, 1.54) is 5.56 Å². The second-order valence-corrected chi connectivity index (χ2v) is 6.61. The standard InChI is InChI=1S/C20H24N4O2/c1-15-4-6-16(7-5-15)12-23-19(25)11-18-14-24(10-9-22-18)20(26)17-3-2-8-21-13-17/h2-8,13,18,22H,9-12,14H2,1H3,(H,23,25). The Hall–Kier alpha value is -2.73. The first-order valence-electron chi connectivity index (χ1n) is 8.87. The van der Waals surface area contributed by atoms with E-state index in [1.807, 2.05) is 31.2 Å². The summed E-state index contributed by atoms with van der Waals surface area (Å²) in [5, 5.41) is 6.27. The number of hydrogen-bond donors (Lipinski definition) is 2. The largest absolute Gasteiger partial charge is 0.352 e. The number of pyridine rings is 1. The molecule has 1 saturated heterocycles. The highest BCUT2D eigenvalue weighted by molar-refractivity contribution is 5.94. The van der Waals surface area contributed by atoms with Crippen LogP contribution in [0.4, 0.5) is 0 Å². The molecule has 0 radical (unpaired) electrons. The fourth-order valence-electron chi connectivity index (χ4n) is 3.02. The molecule has 1 unspecified atom stereocenters. The molecule has 6 heteroatoms. The second kappa shape index (κ2) is 8.58. The van der Waals surface area contributed by atoms with Crippen LogP contribution in [-0.2, 0) is 11.3 Å². The van der Waals surface area contributed by atoms with Crippen molar-refractivity contribution in [3.05, 3.63) is 65.5 Å². The maximum atomic E-state index is 12.5. The maximum Gasteiger partial charge on any atom is 0.255 e. The Labute approximate surface area is 153 Å². The molecule has 0 aliphatic carbocycles. The number of piperazine rings is 1. The summed E-state index contributed by atoms with van der Waals surface area (Å²) in [5.74, 6) is -0.0524. The number of benzene rings is 1. The summed E-state index contributed by atoms with van der Waals surface area (Å²) in [4.78, 5) is 30.5. The quantitative estimate of drug-likeness (QED) is 0.855. The molecule has 1 aromatic carbocycles. The van der Waals surface area contributed by atoms with Crippen molar-refractivity contribution in [2.45, 2.75) is 25.9 Å². The summed E-state index contributed by atoms with van der Waals surface area (Å²) in [5.41, 5.74) is 2.86. The van der Waals surface area contributed by atoms with E-state index in [1.54, 1.807) is 29.4 Å². The van der Waals surface area contributed by atoms with Crippen LogP contribution in [0.3, 0.4) is 0 Å². The molecule has 6 nitrogen and oxygen atoms in total. The van der Waals surface area contributed by atoms with E-state index in [0.717, 1.165) is 5.56 Å². The average Bonchev–Trinajstić information content (AvgIpc) is 2.68. The molecule has 26 heavy (non-hydrogen) atoms. The lowest BCUT2D eigenvalue weighted by atomic mass is 10.1. The van der Waals surface area contributed by atoms with Gasteiger partial charge in [0.2, 0.25) is 5.91 Å². The van der Waals surface area contributed by atoms with Crippen molar-refractivity contribution in [3.63, 3.8) is 0 Å². The van der Waals surface area contributed by atoms with Gasteiger partial charge in [-0.3, -0.25) is 14.6 Å². The predicted molar refractivity (Wildman–Crippen MR) is 99.6 cm³/mol. The normalized spacial score (nSPS) is 17.0. The van der Waals surface area contributed by atoms with Crippen LogP contribution in [0.5, 0.6) is 0 Å². The van der Waals surface area contributed by atoms with Crippen molar-refractivity contribution in [3.8, 4) is 0 Å². The fraction of sp³-hybridized carbons (Fsp3) is 0.350. The van der Waals surface area contributed by atoms with Gasteiger partial charge < -0.3 is 15.5 Å². The zero-order chi connectivity index (χ0) is 18.4. The van der Waals surface area contributed by atoms with Crippen LogP contribution in [0.15, 0.2) is 48.8 Å². The minimum Gasteiger partial charge on any atom is -0.352 e. The third-order valence-electron chi connectivity index (χ3n) is 4.49. The number of aryl methyl sites for hydroxylation is 1. The second-order valence-electron chi connectivity index (χ2n) is 6.61. The van der Waals surface area contributed by atoms with Crippen molar-refractivity contribution in [1.29, 1.82) is 0 Å². The van der Waals surface area contributed by atoms with Crippen LogP contribution in [0, 0.1) is 6.92 Å². The minimum atomic E-state index is -0.0395. The zero-order valence-electron chi connectivity index (χ0n) is 14.9.